The quantitative estimate of drug-likeness (QED) is 0.476. The van der Waals surface area contributed by atoms with Crippen molar-refractivity contribution >= 4 is 29.4 Å². The van der Waals surface area contributed by atoms with Gasteiger partial charge in [0.1, 0.15) is 5.82 Å². The molecule has 2 heterocycles. The summed E-state index contributed by atoms with van der Waals surface area (Å²) in [6, 6.07) is 11.9. The molecule has 0 radical (unpaired) electrons. The third-order valence-electron chi connectivity index (χ3n) is 3.79. The van der Waals surface area contributed by atoms with Crippen molar-refractivity contribution in [1.29, 1.82) is 0 Å². The first-order valence-corrected chi connectivity index (χ1v) is 8.52. The smallest absolute Gasteiger partial charge is 0.350 e. The number of aryl methyl sites for hydroxylation is 1. The molecule has 2 N–H and O–H groups in total. The van der Waals surface area contributed by atoms with Crippen LogP contribution in [0.4, 0.5) is 11.5 Å². The summed E-state index contributed by atoms with van der Waals surface area (Å²) in [7, 11) is 0. The number of esters is 2. The van der Waals surface area contributed by atoms with Gasteiger partial charge in [-0.15, -0.1) is 0 Å². The molecule has 0 aliphatic carbocycles. The highest BCUT2D eigenvalue weighted by atomic mass is 16.7. The molecule has 1 aromatic carbocycles. The number of nitrogens with zero attached hydrogens (tertiary/aromatic N) is 1. The molecule has 8 nitrogen and oxygen atoms in total. The predicted molar refractivity (Wildman–Crippen MR) is 101 cm³/mol. The SMILES string of the molecule is Cc1cccc(NC(=O)c2ccccc2NC=C2C(=O)OC(C)(C)OC2=O)n1. The lowest BCUT2D eigenvalue weighted by Crippen LogP contribution is -2.42. The van der Waals surface area contributed by atoms with Crippen molar-refractivity contribution in [2.75, 3.05) is 10.6 Å². The number of carbonyl (C=O) groups excluding carboxylic acids is 3. The number of aromatic nitrogens is 1. The van der Waals surface area contributed by atoms with Gasteiger partial charge in [0.25, 0.3) is 11.7 Å². The van der Waals surface area contributed by atoms with E-state index in [9.17, 15) is 14.4 Å². The number of benzene rings is 1. The molecule has 1 fully saturated rings. The van der Waals surface area contributed by atoms with Crippen LogP contribution >= 0.6 is 0 Å². The van der Waals surface area contributed by atoms with E-state index in [1.54, 1.807) is 36.4 Å². The number of rotatable bonds is 4. The standard InChI is InChI=1S/C20H19N3O5/c1-12-7-6-10-16(22-12)23-17(24)13-8-4-5-9-15(13)21-11-14-18(25)27-20(2,3)28-19(14)26/h4-11,21H,1-3H3,(H,22,23,24). The van der Waals surface area contributed by atoms with Crippen LogP contribution in [-0.4, -0.2) is 28.6 Å². The van der Waals surface area contributed by atoms with Crippen molar-refractivity contribution in [1.82, 2.24) is 4.98 Å². The number of amides is 1. The Balaban J connectivity index is 1.80. The summed E-state index contributed by atoms with van der Waals surface area (Å²) in [5.41, 5.74) is 1.17. The van der Waals surface area contributed by atoms with Gasteiger partial charge in [-0.3, -0.25) is 4.79 Å². The van der Waals surface area contributed by atoms with Gasteiger partial charge in [0, 0.05) is 25.7 Å². The molecule has 1 saturated heterocycles. The molecule has 1 aliphatic heterocycles. The molecule has 3 rings (SSSR count). The second-order valence-electron chi connectivity index (χ2n) is 6.55. The van der Waals surface area contributed by atoms with E-state index in [-0.39, 0.29) is 5.57 Å². The van der Waals surface area contributed by atoms with Gasteiger partial charge in [-0.1, -0.05) is 18.2 Å². The van der Waals surface area contributed by atoms with E-state index in [0.29, 0.717) is 17.1 Å². The average Bonchev–Trinajstić information content (AvgIpc) is 2.60. The lowest BCUT2D eigenvalue weighted by atomic mass is 10.1. The maximum atomic E-state index is 12.6. The van der Waals surface area contributed by atoms with E-state index in [4.69, 9.17) is 9.47 Å². The second kappa shape index (κ2) is 7.51. The highest BCUT2D eigenvalue weighted by Crippen LogP contribution is 2.23. The van der Waals surface area contributed by atoms with Crippen molar-refractivity contribution in [3.05, 3.63) is 65.5 Å². The Morgan fingerprint density at radius 3 is 2.39 bits per heavy atom. The number of anilines is 2. The molecule has 8 heteroatoms. The zero-order valence-corrected chi connectivity index (χ0v) is 15.6. The van der Waals surface area contributed by atoms with Gasteiger partial charge in [0.05, 0.1) is 11.3 Å². The highest BCUT2D eigenvalue weighted by molar-refractivity contribution is 6.15. The largest absolute Gasteiger partial charge is 0.419 e. The van der Waals surface area contributed by atoms with Crippen LogP contribution in [0.25, 0.3) is 0 Å². The zero-order chi connectivity index (χ0) is 20.3. The Labute approximate surface area is 161 Å². The number of para-hydroxylation sites is 1. The van der Waals surface area contributed by atoms with Crippen LogP contribution in [-0.2, 0) is 19.1 Å². The van der Waals surface area contributed by atoms with Crippen LogP contribution in [0, 0.1) is 6.92 Å². The van der Waals surface area contributed by atoms with E-state index >= 15 is 0 Å². The van der Waals surface area contributed by atoms with E-state index in [1.807, 2.05) is 13.0 Å². The molecule has 0 spiro atoms. The molecule has 0 bridgehead atoms. The van der Waals surface area contributed by atoms with Crippen LogP contribution < -0.4 is 10.6 Å². The fourth-order valence-electron chi connectivity index (χ4n) is 2.53. The van der Waals surface area contributed by atoms with Crippen molar-refractivity contribution in [2.24, 2.45) is 0 Å². The Morgan fingerprint density at radius 2 is 1.71 bits per heavy atom. The summed E-state index contributed by atoms with van der Waals surface area (Å²) in [6.45, 7) is 4.75. The first-order valence-electron chi connectivity index (χ1n) is 8.52. The lowest BCUT2D eigenvalue weighted by Gasteiger charge is -2.29. The maximum Gasteiger partial charge on any atom is 0.350 e. The van der Waals surface area contributed by atoms with Gasteiger partial charge < -0.3 is 20.1 Å². The predicted octanol–water partition coefficient (Wildman–Crippen LogP) is 2.77. The first-order chi connectivity index (χ1) is 13.2. The van der Waals surface area contributed by atoms with Crippen molar-refractivity contribution in [3.8, 4) is 0 Å². The topological polar surface area (TPSA) is 107 Å². The van der Waals surface area contributed by atoms with Crippen molar-refractivity contribution in [3.63, 3.8) is 0 Å². The minimum absolute atomic E-state index is 0.296. The van der Waals surface area contributed by atoms with Gasteiger partial charge in [0.2, 0.25) is 0 Å². The molecule has 1 aliphatic rings. The Morgan fingerprint density at radius 1 is 1.04 bits per heavy atom. The fourth-order valence-corrected chi connectivity index (χ4v) is 2.53. The van der Waals surface area contributed by atoms with Crippen LogP contribution in [0.15, 0.2) is 54.2 Å². The number of pyridine rings is 1. The van der Waals surface area contributed by atoms with E-state index in [2.05, 4.69) is 15.6 Å². The van der Waals surface area contributed by atoms with Gasteiger partial charge in [-0.05, 0) is 31.2 Å². The van der Waals surface area contributed by atoms with Crippen LogP contribution in [0.2, 0.25) is 0 Å². The van der Waals surface area contributed by atoms with Gasteiger partial charge >= 0.3 is 11.9 Å². The van der Waals surface area contributed by atoms with Gasteiger partial charge in [-0.2, -0.15) is 0 Å². The van der Waals surface area contributed by atoms with E-state index < -0.39 is 23.6 Å². The third kappa shape index (κ3) is 4.35. The van der Waals surface area contributed by atoms with Gasteiger partial charge in [0.15, 0.2) is 5.57 Å². The lowest BCUT2D eigenvalue weighted by molar-refractivity contribution is -0.222. The number of hydrogen-bond donors (Lipinski definition) is 2. The normalized spacial score (nSPS) is 15.3. The second-order valence-corrected chi connectivity index (χ2v) is 6.55. The summed E-state index contributed by atoms with van der Waals surface area (Å²) in [4.78, 5) is 40.9. The molecule has 1 aromatic heterocycles. The molecule has 28 heavy (non-hydrogen) atoms. The summed E-state index contributed by atoms with van der Waals surface area (Å²) >= 11 is 0. The Hall–Kier alpha value is -3.68. The molecule has 0 saturated carbocycles. The molecule has 0 unspecified atom stereocenters. The third-order valence-corrected chi connectivity index (χ3v) is 3.79. The molecule has 0 atom stereocenters. The number of carbonyl (C=O) groups is 3. The van der Waals surface area contributed by atoms with Crippen LogP contribution in [0.1, 0.15) is 29.9 Å². The number of hydrogen-bond acceptors (Lipinski definition) is 7. The minimum Gasteiger partial charge on any atom is -0.419 e. The number of cyclic esters (lactones) is 2. The molecule has 2 aromatic rings. The monoisotopic (exact) mass is 381 g/mol. The van der Waals surface area contributed by atoms with Crippen LogP contribution in [0.5, 0.6) is 0 Å². The van der Waals surface area contributed by atoms with E-state index in [1.165, 1.54) is 13.8 Å². The molecular weight excluding hydrogens is 362 g/mol. The average molecular weight is 381 g/mol. The van der Waals surface area contributed by atoms with E-state index in [0.717, 1.165) is 11.9 Å². The number of nitrogens with one attached hydrogen (secondary N) is 2. The number of ether oxygens (including phenoxy) is 2. The van der Waals surface area contributed by atoms with Crippen molar-refractivity contribution in [2.45, 2.75) is 26.6 Å². The minimum atomic E-state index is -1.32. The summed E-state index contributed by atoms with van der Waals surface area (Å²) < 4.78 is 10.1. The highest BCUT2D eigenvalue weighted by Gasteiger charge is 2.39. The zero-order valence-electron chi connectivity index (χ0n) is 15.6. The summed E-state index contributed by atoms with van der Waals surface area (Å²) in [5.74, 6) is -2.90. The van der Waals surface area contributed by atoms with Gasteiger partial charge in [-0.25, -0.2) is 14.6 Å². The Kier molecular flexibility index (Phi) is 5.12. The first kappa shape index (κ1) is 19.1. The summed E-state index contributed by atoms with van der Waals surface area (Å²) in [5, 5.41) is 5.52. The molecule has 144 valence electrons. The van der Waals surface area contributed by atoms with Crippen LogP contribution in [0.3, 0.4) is 0 Å². The maximum absolute atomic E-state index is 12.6. The molecule has 1 amide bonds. The molecular formula is C20H19N3O5. The summed E-state index contributed by atoms with van der Waals surface area (Å²) in [6.07, 6.45) is 1.16. The van der Waals surface area contributed by atoms with Crippen molar-refractivity contribution < 1.29 is 23.9 Å². The Bertz CT molecular complexity index is 959. The fraction of sp³-hybridized carbons (Fsp3) is 0.200.